The van der Waals surface area contributed by atoms with E-state index in [4.69, 9.17) is 17.0 Å². The summed E-state index contributed by atoms with van der Waals surface area (Å²) in [6, 6.07) is 3.72. The van der Waals surface area contributed by atoms with E-state index < -0.39 is 0 Å². The molecule has 0 fully saturated rings. The van der Waals surface area contributed by atoms with Gasteiger partial charge in [-0.1, -0.05) is 10.3 Å². The highest BCUT2D eigenvalue weighted by Gasteiger charge is 2.00. The summed E-state index contributed by atoms with van der Waals surface area (Å²) in [7, 11) is 1.58. The van der Waals surface area contributed by atoms with Gasteiger partial charge in [-0.25, -0.2) is 9.67 Å². The van der Waals surface area contributed by atoms with Crippen molar-refractivity contribution in [2.24, 2.45) is 0 Å². The third kappa shape index (κ3) is 2.18. The third-order valence-corrected chi connectivity index (χ3v) is 2.18. The van der Waals surface area contributed by atoms with Crippen molar-refractivity contribution in [3.8, 4) is 5.88 Å². The molecular formula is C8H9N5OS. The molecular weight excluding hydrogens is 214 g/mol. The molecule has 6 nitrogen and oxygen atoms in total. The van der Waals surface area contributed by atoms with Crippen molar-refractivity contribution in [1.82, 2.24) is 25.2 Å². The van der Waals surface area contributed by atoms with Gasteiger partial charge < -0.3 is 4.74 Å². The van der Waals surface area contributed by atoms with E-state index in [2.05, 4.69) is 20.5 Å². The first-order valence-electron chi connectivity index (χ1n) is 4.26. The van der Waals surface area contributed by atoms with Crippen LogP contribution in [0.5, 0.6) is 5.88 Å². The molecule has 2 aromatic rings. The number of aromatic amines is 1. The molecule has 0 unspecified atom stereocenters. The molecule has 0 aliphatic carbocycles. The molecule has 2 rings (SSSR count). The van der Waals surface area contributed by atoms with Crippen molar-refractivity contribution < 1.29 is 4.74 Å². The summed E-state index contributed by atoms with van der Waals surface area (Å²) in [4.78, 5) is 4.01. The number of hydrogen-bond donors (Lipinski definition) is 1. The fourth-order valence-electron chi connectivity index (χ4n) is 1.16. The van der Waals surface area contributed by atoms with Crippen molar-refractivity contribution in [2.75, 3.05) is 7.11 Å². The molecule has 0 aromatic carbocycles. The number of nitrogens with zero attached hydrogens (tertiary/aromatic N) is 4. The van der Waals surface area contributed by atoms with Gasteiger partial charge >= 0.3 is 0 Å². The standard InChI is InChI=1S/C8H9N5OS/c1-14-7-4-6(2-3-9-7)5-13-8(15)10-11-12-13/h2-4H,5H2,1H3,(H,10,12,15). The minimum Gasteiger partial charge on any atom is -0.481 e. The van der Waals surface area contributed by atoms with E-state index in [9.17, 15) is 0 Å². The Morgan fingerprint density at radius 3 is 3.13 bits per heavy atom. The molecule has 78 valence electrons. The molecule has 0 bridgehead atoms. The first-order valence-corrected chi connectivity index (χ1v) is 4.67. The quantitative estimate of drug-likeness (QED) is 0.779. The summed E-state index contributed by atoms with van der Waals surface area (Å²) in [5.74, 6) is 0.575. The molecule has 15 heavy (non-hydrogen) atoms. The Morgan fingerprint density at radius 2 is 2.47 bits per heavy atom. The number of methoxy groups -OCH3 is 1. The van der Waals surface area contributed by atoms with Crippen molar-refractivity contribution >= 4 is 12.2 Å². The highest BCUT2D eigenvalue weighted by atomic mass is 32.1. The molecule has 0 saturated carbocycles. The highest BCUT2D eigenvalue weighted by molar-refractivity contribution is 7.71. The number of rotatable bonds is 3. The Bertz CT molecular complexity index is 505. The number of hydrogen-bond acceptors (Lipinski definition) is 5. The second kappa shape index (κ2) is 4.18. The maximum absolute atomic E-state index is 5.02. The molecule has 0 aliphatic rings. The Balaban J connectivity index is 2.24. The van der Waals surface area contributed by atoms with Crippen LogP contribution in [0.25, 0.3) is 0 Å². The zero-order valence-corrected chi connectivity index (χ0v) is 8.86. The molecule has 0 radical (unpaired) electrons. The summed E-state index contributed by atoms with van der Waals surface area (Å²) in [5.41, 5.74) is 1.02. The zero-order valence-electron chi connectivity index (χ0n) is 8.04. The van der Waals surface area contributed by atoms with Gasteiger partial charge in [-0.15, -0.1) is 0 Å². The van der Waals surface area contributed by atoms with Crippen LogP contribution in [-0.4, -0.2) is 32.3 Å². The Morgan fingerprint density at radius 1 is 1.60 bits per heavy atom. The fourth-order valence-corrected chi connectivity index (χ4v) is 1.31. The van der Waals surface area contributed by atoms with Crippen LogP contribution in [-0.2, 0) is 6.54 Å². The molecule has 2 heterocycles. The van der Waals surface area contributed by atoms with Gasteiger partial charge in [0.1, 0.15) is 0 Å². The Hall–Kier alpha value is -1.76. The largest absolute Gasteiger partial charge is 0.481 e. The summed E-state index contributed by atoms with van der Waals surface area (Å²) in [5, 5.41) is 9.96. The van der Waals surface area contributed by atoms with Crippen LogP contribution in [0, 0.1) is 4.77 Å². The Kier molecular flexibility index (Phi) is 2.72. The average molecular weight is 223 g/mol. The summed E-state index contributed by atoms with van der Waals surface area (Å²) in [6.07, 6.45) is 1.68. The molecule has 7 heteroatoms. The van der Waals surface area contributed by atoms with Gasteiger partial charge in [0.15, 0.2) is 0 Å². The summed E-state index contributed by atoms with van der Waals surface area (Å²) >= 11 is 4.96. The van der Waals surface area contributed by atoms with Crippen molar-refractivity contribution in [2.45, 2.75) is 6.54 Å². The van der Waals surface area contributed by atoms with E-state index in [0.29, 0.717) is 17.2 Å². The monoisotopic (exact) mass is 223 g/mol. The van der Waals surface area contributed by atoms with Crippen LogP contribution < -0.4 is 4.74 Å². The van der Waals surface area contributed by atoms with E-state index in [1.165, 1.54) is 0 Å². The van der Waals surface area contributed by atoms with Crippen molar-refractivity contribution in [3.63, 3.8) is 0 Å². The minimum absolute atomic E-state index is 0.422. The van der Waals surface area contributed by atoms with Crippen molar-refractivity contribution in [1.29, 1.82) is 0 Å². The normalized spacial score (nSPS) is 10.2. The van der Waals surface area contributed by atoms with Gasteiger partial charge in [-0.2, -0.15) is 5.21 Å². The number of tetrazole rings is 1. The van der Waals surface area contributed by atoms with Gasteiger partial charge in [0.05, 0.1) is 13.7 Å². The van der Waals surface area contributed by atoms with Crippen LogP contribution in [0.1, 0.15) is 5.56 Å². The van der Waals surface area contributed by atoms with Gasteiger partial charge in [-0.3, -0.25) is 0 Å². The van der Waals surface area contributed by atoms with Gasteiger partial charge in [0.2, 0.25) is 10.7 Å². The molecule has 0 amide bonds. The highest BCUT2D eigenvalue weighted by Crippen LogP contribution is 2.09. The molecule has 0 atom stereocenters. The average Bonchev–Trinajstić information content (AvgIpc) is 2.65. The van der Waals surface area contributed by atoms with Gasteiger partial charge in [0, 0.05) is 12.3 Å². The van der Waals surface area contributed by atoms with Crippen LogP contribution in [0.2, 0.25) is 0 Å². The zero-order chi connectivity index (χ0) is 10.7. The molecule has 0 saturated heterocycles. The van der Waals surface area contributed by atoms with Gasteiger partial charge in [0.25, 0.3) is 0 Å². The number of pyridine rings is 1. The number of H-pyrrole nitrogens is 1. The molecule has 0 aliphatic heterocycles. The SMILES string of the molecule is COc1cc(Cn2[nH]nnc2=S)ccn1. The van der Waals surface area contributed by atoms with E-state index in [1.54, 1.807) is 18.0 Å². The summed E-state index contributed by atoms with van der Waals surface area (Å²) in [6.45, 7) is 0.574. The van der Waals surface area contributed by atoms with Crippen molar-refractivity contribution in [3.05, 3.63) is 28.7 Å². The molecule has 0 spiro atoms. The van der Waals surface area contributed by atoms with Gasteiger partial charge in [-0.05, 0) is 23.8 Å². The molecule has 1 N–H and O–H groups in total. The lowest BCUT2D eigenvalue weighted by molar-refractivity contribution is 0.397. The topological polar surface area (TPSA) is 68.6 Å². The predicted octanol–water partition coefficient (Wildman–Crippen LogP) is 0.788. The lowest BCUT2D eigenvalue weighted by atomic mass is 10.3. The lowest BCUT2D eigenvalue weighted by Crippen LogP contribution is -2.02. The first kappa shape index (κ1) is 9.78. The van der Waals surface area contributed by atoms with E-state index in [-0.39, 0.29) is 0 Å². The summed E-state index contributed by atoms with van der Waals surface area (Å²) < 4.78 is 7.10. The second-order valence-electron chi connectivity index (χ2n) is 2.88. The second-order valence-corrected chi connectivity index (χ2v) is 3.24. The first-order chi connectivity index (χ1) is 7.29. The number of nitrogens with one attached hydrogen (secondary N) is 1. The lowest BCUT2D eigenvalue weighted by Gasteiger charge is -2.03. The van der Waals surface area contributed by atoms with Crippen LogP contribution in [0.15, 0.2) is 18.3 Å². The van der Waals surface area contributed by atoms with Crippen LogP contribution in [0.4, 0.5) is 0 Å². The fraction of sp³-hybridized carbons (Fsp3) is 0.250. The van der Waals surface area contributed by atoms with Crippen LogP contribution >= 0.6 is 12.2 Å². The predicted molar refractivity (Wildman–Crippen MR) is 55.1 cm³/mol. The van der Waals surface area contributed by atoms with Crippen LogP contribution in [0.3, 0.4) is 0 Å². The third-order valence-electron chi connectivity index (χ3n) is 1.88. The maximum Gasteiger partial charge on any atom is 0.238 e. The maximum atomic E-state index is 5.02. The number of ether oxygens (including phenoxy) is 1. The number of aromatic nitrogens is 5. The van der Waals surface area contributed by atoms with E-state index >= 15 is 0 Å². The van der Waals surface area contributed by atoms with E-state index in [1.807, 2.05) is 12.1 Å². The smallest absolute Gasteiger partial charge is 0.238 e. The Labute approximate surface area is 90.9 Å². The molecule has 2 aromatic heterocycles. The minimum atomic E-state index is 0.422. The van der Waals surface area contributed by atoms with E-state index in [0.717, 1.165) is 5.56 Å².